The van der Waals surface area contributed by atoms with Crippen molar-refractivity contribution in [3.05, 3.63) is 0 Å². The summed E-state index contributed by atoms with van der Waals surface area (Å²) >= 11 is 0. The van der Waals surface area contributed by atoms with Gasteiger partial charge in [-0.05, 0) is 50.6 Å². The van der Waals surface area contributed by atoms with Gasteiger partial charge in [0.15, 0.2) is 5.96 Å². The Morgan fingerprint density at radius 2 is 1.85 bits per heavy atom. The minimum absolute atomic E-state index is 0.669. The fourth-order valence-electron chi connectivity index (χ4n) is 2.68. The van der Waals surface area contributed by atoms with Crippen LogP contribution in [0.1, 0.15) is 46.5 Å². The van der Waals surface area contributed by atoms with Crippen LogP contribution in [0.2, 0.25) is 0 Å². The molecular weight excluding hydrogens is 248 g/mol. The summed E-state index contributed by atoms with van der Waals surface area (Å²) < 4.78 is 0. The Morgan fingerprint density at radius 1 is 1.15 bits per heavy atom. The summed E-state index contributed by atoms with van der Waals surface area (Å²) in [5, 5.41) is 6.84. The van der Waals surface area contributed by atoms with Crippen molar-refractivity contribution >= 4 is 5.96 Å². The van der Waals surface area contributed by atoms with Crippen LogP contribution in [0.5, 0.6) is 0 Å². The molecule has 1 rings (SSSR count). The fourth-order valence-corrected chi connectivity index (χ4v) is 2.68. The lowest BCUT2D eigenvalue weighted by atomic mass is 10.1. The number of hydrogen-bond donors (Lipinski definition) is 2. The fraction of sp³-hybridized carbons (Fsp3) is 0.938. The van der Waals surface area contributed by atoms with Crippen LogP contribution in [0.3, 0.4) is 0 Å². The van der Waals surface area contributed by atoms with Crippen LogP contribution in [0.25, 0.3) is 0 Å². The van der Waals surface area contributed by atoms with E-state index in [0.29, 0.717) is 5.92 Å². The van der Waals surface area contributed by atoms with Crippen molar-refractivity contribution in [3.8, 4) is 0 Å². The molecule has 20 heavy (non-hydrogen) atoms. The van der Waals surface area contributed by atoms with Gasteiger partial charge in [-0.2, -0.15) is 0 Å². The molecule has 0 saturated carbocycles. The van der Waals surface area contributed by atoms with Crippen molar-refractivity contribution in [3.63, 3.8) is 0 Å². The van der Waals surface area contributed by atoms with Crippen LogP contribution in [0.4, 0.5) is 0 Å². The third-order valence-corrected chi connectivity index (χ3v) is 3.86. The van der Waals surface area contributed by atoms with Gasteiger partial charge in [-0.15, -0.1) is 0 Å². The second kappa shape index (κ2) is 10.0. The van der Waals surface area contributed by atoms with Crippen molar-refractivity contribution in [2.75, 3.05) is 39.8 Å². The Bertz CT molecular complexity index is 270. The summed E-state index contributed by atoms with van der Waals surface area (Å²) in [7, 11) is 1.85. The molecule has 1 aliphatic heterocycles. The summed E-state index contributed by atoms with van der Waals surface area (Å²) in [6, 6.07) is 0. The third kappa shape index (κ3) is 7.73. The first-order valence-electron chi connectivity index (χ1n) is 8.28. The first-order valence-corrected chi connectivity index (χ1v) is 8.28. The second-order valence-corrected chi connectivity index (χ2v) is 6.53. The highest BCUT2D eigenvalue weighted by Crippen LogP contribution is 2.09. The number of guanidine groups is 1. The zero-order chi connectivity index (χ0) is 14.8. The van der Waals surface area contributed by atoms with Crippen LogP contribution < -0.4 is 10.6 Å². The molecule has 0 aromatic rings. The van der Waals surface area contributed by atoms with E-state index >= 15 is 0 Å². The van der Waals surface area contributed by atoms with E-state index in [4.69, 9.17) is 0 Å². The highest BCUT2D eigenvalue weighted by Gasteiger charge is 2.14. The number of hydrogen-bond acceptors (Lipinski definition) is 2. The SMILES string of the molecule is CN=C(NCCCC(C)C)NCC(C)CN1CCCC1. The molecule has 4 nitrogen and oxygen atoms in total. The maximum Gasteiger partial charge on any atom is 0.190 e. The molecule has 0 spiro atoms. The quantitative estimate of drug-likeness (QED) is 0.408. The minimum Gasteiger partial charge on any atom is -0.356 e. The average molecular weight is 282 g/mol. The van der Waals surface area contributed by atoms with Gasteiger partial charge in [0.05, 0.1) is 0 Å². The summed E-state index contributed by atoms with van der Waals surface area (Å²) in [5.74, 6) is 2.40. The van der Waals surface area contributed by atoms with Gasteiger partial charge in [0.1, 0.15) is 0 Å². The molecule has 1 saturated heterocycles. The Balaban J connectivity index is 2.10. The summed E-state index contributed by atoms with van der Waals surface area (Å²) in [6.45, 7) is 12.6. The van der Waals surface area contributed by atoms with E-state index in [2.05, 4.69) is 41.3 Å². The lowest BCUT2D eigenvalue weighted by Gasteiger charge is -2.21. The van der Waals surface area contributed by atoms with Gasteiger partial charge >= 0.3 is 0 Å². The molecule has 0 bridgehead atoms. The van der Waals surface area contributed by atoms with Crippen molar-refractivity contribution in [2.45, 2.75) is 46.5 Å². The van der Waals surface area contributed by atoms with Gasteiger partial charge in [0.2, 0.25) is 0 Å². The molecule has 2 N–H and O–H groups in total. The van der Waals surface area contributed by atoms with Gasteiger partial charge in [-0.25, -0.2) is 0 Å². The molecule has 0 amide bonds. The van der Waals surface area contributed by atoms with E-state index < -0.39 is 0 Å². The molecule has 1 fully saturated rings. The molecule has 1 aliphatic rings. The number of rotatable bonds is 8. The predicted octanol–water partition coefficient (Wildman–Crippen LogP) is 2.32. The molecule has 4 heteroatoms. The number of nitrogens with zero attached hydrogens (tertiary/aromatic N) is 2. The van der Waals surface area contributed by atoms with Crippen LogP contribution in [-0.2, 0) is 0 Å². The molecule has 0 aliphatic carbocycles. The monoisotopic (exact) mass is 282 g/mol. The Hall–Kier alpha value is -0.770. The first-order chi connectivity index (χ1) is 9.61. The molecule has 0 aromatic heterocycles. The van der Waals surface area contributed by atoms with E-state index in [-0.39, 0.29) is 0 Å². The number of nitrogens with one attached hydrogen (secondary N) is 2. The van der Waals surface area contributed by atoms with E-state index in [0.717, 1.165) is 25.0 Å². The zero-order valence-corrected chi connectivity index (χ0v) is 13.9. The standard InChI is InChI=1S/C16H34N4/c1-14(2)8-7-9-18-16(17-4)19-12-15(3)13-20-10-5-6-11-20/h14-15H,5-13H2,1-4H3,(H2,17,18,19). The van der Waals surface area contributed by atoms with E-state index in [1.807, 2.05) is 7.05 Å². The van der Waals surface area contributed by atoms with Gasteiger partial charge in [-0.1, -0.05) is 20.8 Å². The van der Waals surface area contributed by atoms with Crippen LogP contribution >= 0.6 is 0 Å². The number of likely N-dealkylation sites (tertiary alicyclic amines) is 1. The van der Waals surface area contributed by atoms with Gasteiger partial charge in [0.25, 0.3) is 0 Å². The normalized spacial score (nSPS) is 18.6. The number of aliphatic imine (C=N–C) groups is 1. The Kier molecular flexibility index (Phi) is 8.67. The second-order valence-electron chi connectivity index (χ2n) is 6.53. The average Bonchev–Trinajstić information content (AvgIpc) is 2.90. The van der Waals surface area contributed by atoms with Crippen LogP contribution in [0.15, 0.2) is 4.99 Å². The topological polar surface area (TPSA) is 39.7 Å². The smallest absolute Gasteiger partial charge is 0.190 e. The van der Waals surface area contributed by atoms with Crippen molar-refractivity contribution in [1.29, 1.82) is 0 Å². The van der Waals surface area contributed by atoms with Gasteiger partial charge in [0, 0.05) is 26.7 Å². The zero-order valence-electron chi connectivity index (χ0n) is 13.9. The molecule has 1 unspecified atom stereocenters. The van der Waals surface area contributed by atoms with E-state index in [1.165, 1.54) is 45.3 Å². The highest BCUT2D eigenvalue weighted by atomic mass is 15.2. The third-order valence-electron chi connectivity index (χ3n) is 3.86. The Morgan fingerprint density at radius 3 is 2.45 bits per heavy atom. The van der Waals surface area contributed by atoms with Crippen LogP contribution in [0, 0.1) is 11.8 Å². The summed E-state index contributed by atoms with van der Waals surface area (Å²) in [6.07, 6.45) is 5.23. The largest absolute Gasteiger partial charge is 0.356 e. The maximum atomic E-state index is 4.29. The molecular formula is C16H34N4. The van der Waals surface area contributed by atoms with Gasteiger partial charge in [-0.3, -0.25) is 4.99 Å². The molecule has 118 valence electrons. The van der Waals surface area contributed by atoms with Crippen LogP contribution in [-0.4, -0.2) is 50.6 Å². The highest BCUT2D eigenvalue weighted by molar-refractivity contribution is 5.79. The Labute approximate surface area is 125 Å². The molecule has 0 radical (unpaired) electrons. The lowest BCUT2D eigenvalue weighted by Crippen LogP contribution is -2.41. The first kappa shape index (κ1) is 17.3. The summed E-state index contributed by atoms with van der Waals surface area (Å²) in [5.41, 5.74) is 0. The molecule has 1 heterocycles. The van der Waals surface area contributed by atoms with E-state index in [9.17, 15) is 0 Å². The van der Waals surface area contributed by atoms with Gasteiger partial charge < -0.3 is 15.5 Å². The molecule has 1 atom stereocenters. The lowest BCUT2D eigenvalue weighted by molar-refractivity contribution is 0.287. The van der Waals surface area contributed by atoms with Crippen molar-refractivity contribution in [2.24, 2.45) is 16.8 Å². The van der Waals surface area contributed by atoms with Crippen molar-refractivity contribution in [1.82, 2.24) is 15.5 Å². The molecule has 0 aromatic carbocycles. The minimum atomic E-state index is 0.669. The van der Waals surface area contributed by atoms with Crippen molar-refractivity contribution < 1.29 is 0 Å². The predicted molar refractivity (Wildman–Crippen MR) is 88.3 cm³/mol. The maximum absolute atomic E-state index is 4.29. The summed E-state index contributed by atoms with van der Waals surface area (Å²) in [4.78, 5) is 6.86. The van der Waals surface area contributed by atoms with E-state index in [1.54, 1.807) is 0 Å².